The summed E-state index contributed by atoms with van der Waals surface area (Å²) >= 11 is 0. The Hall–Kier alpha value is -2.60. The van der Waals surface area contributed by atoms with E-state index in [-0.39, 0.29) is 28.7 Å². The van der Waals surface area contributed by atoms with Crippen LogP contribution in [0.25, 0.3) is 11.2 Å². The molecule has 4 atom stereocenters. The lowest BCUT2D eigenvalue weighted by atomic mass is 10.1. The number of nitrogens with one attached hydrogen (secondary N) is 4. The van der Waals surface area contributed by atoms with E-state index >= 15 is 0 Å². The van der Waals surface area contributed by atoms with Crippen LogP contribution in [-0.4, -0.2) is 86.7 Å². The van der Waals surface area contributed by atoms with Crippen molar-refractivity contribution in [1.82, 2.24) is 35.5 Å². The molecule has 0 unspecified atom stereocenters. The number of imidazole rings is 1. The lowest BCUT2D eigenvalue weighted by molar-refractivity contribution is -0.0301. The number of carbonyl (C=O) groups excluding carboxylic acids is 2. The molecule has 15 heteroatoms. The van der Waals surface area contributed by atoms with Crippen LogP contribution in [0.5, 0.6) is 0 Å². The second-order valence-corrected chi connectivity index (χ2v) is 24.7. The number of aromatic nitrogens is 4. The number of rotatable bonds is 13. The number of carbonyl (C=O) groups is 2. The van der Waals surface area contributed by atoms with Crippen molar-refractivity contribution in [1.29, 1.82) is 0 Å². The summed E-state index contributed by atoms with van der Waals surface area (Å²) in [5, 5.41) is 11.1. The average molecular weight is 679 g/mol. The number of amides is 4. The summed E-state index contributed by atoms with van der Waals surface area (Å²) in [6.07, 6.45) is 5.13. The normalized spacial score (nSPS) is 21.0. The van der Waals surface area contributed by atoms with Gasteiger partial charge in [-0.25, -0.2) is 24.5 Å². The van der Waals surface area contributed by atoms with E-state index in [1.54, 1.807) is 13.4 Å². The summed E-state index contributed by atoms with van der Waals surface area (Å²) in [6.45, 7) is 25.0. The summed E-state index contributed by atoms with van der Waals surface area (Å²) in [7, 11) is -3.12. The molecule has 1 aliphatic heterocycles. The maximum Gasteiger partial charge on any atom is 0.320 e. The van der Waals surface area contributed by atoms with Gasteiger partial charge in [-0.15, -0.1) is 0 Å². The van der Waals surface area contributed by atoms with Gasteiger partial charge in [0.2, 0.25) is 0 Å². The third-order valence-corrected chi connectivity index (χ3v) is 18.6. The van der Waals surface area contributed by atoms with Gasteiger partial charge in [-0.2, -0.15) is 0 Å². The lowest BCUT2D eigenvalue weighted by Gasteiger charge is -2.44. The number of fused-ring (bicyclic) bond motifs is 1. The molecule has 46 heavy (non-hydrogen) atoms. The van der Waals surface area contributed by atoms with Crippen molar-refractivity contribution in [3.05, 3.63) is 12.7 Å². The first-order chi connectivity index (χ1) is 21.3. The molecule has 0 aromatic carbocycles. The zero-order valence-electron chi connectivity index (χ0n) is 30.0. The van der Waals surface area contributed by atoms with Crippen molar-refractivity contribution in [2.45, 2.75) is 135 Å². The number of ether oxygens (including phenoxy) is 1. The van der Waals surface area contributed by atoms with Crippen LogP contribution in [0, 0.1) is 0 Å². The molecule has 4 amide bonds. The molecule has 4 N–H and O–H groups in total. The largest absolute Gasteiger partial charge is 0.408 e. The van der Waals surface area contributed by atoms with Crippen LogP contribution < -0.4 is 21.3 Å². The predicted molar refractivity (Wildman–Crippen MR) is 187 cm³/mol. The maximum atomic E-state index is 12.7. The van der Waals surface area contributed by atoms with Crippen LogP contribution in [0.2, 0.25) is 36.3 Å². The first-order valence-electron chi connectivity index (χ1n) is 16.5. The van der Waals surface area contributed by atoms with Crippen molar-refractivity contribution in [2.24, 2.45) is 0 Å². The van der Waals surface area contributed by atoms with Gasteiger partial charge in [-0.05, 0) is 42.7 Å². The Morgan fingerprint density at radius 1 is 0.891 bits per heavy atom. The zero-order valence-corrected chi connectivity index (χ0v) is 32.0. The molecule has 2 aromatic heterocycles. The third kappa shape index (κ3) is 9.05. The van der Waals surface area contributed by atoms with Gasteiger partial charge in [0.1, 0.15) is 24.6 Å². The summed E-state index contributed by atoms with van der Waals surface area (Å²) in [4.78, 5) is 38.5. The fourth-order valence-electron chi connectivity index (χ4n) is 4.71. The first-order valence-corrected chi connectivity index (χ1v) is 22.3. The van der Waals surface area contributed by atoms with Gasteiger partial charge >= 0.3 is 12.1 Å². The summed E-state index contributed by atoms with van der Waals surface area (Å²) < 4.78 is 22.9. The summed E-state index contributed by atoms with van der Waals surface area (Å²) in [5.41, 5.74) is 0.931. The van der Waals surface area contributed by atoms with Crippen molar-refractivity contribution in [2.75, 3.05) is 25.5 Å². The average Bonchev–Trinajstić information content (AvgIpc) is 3.52. The van der Waals surface area contributed by atoms with Gasteiger partial charge in [0.15, 0.2) is 39.8 Å². The number of nitrogens with zero attached hydrogens (tertiary/aromatic N) is 4. The fourth-order valence-corrected chi connectivity index (χ4v) is 7.32. The molecule has 1 aliphatic rings. The number of hydrogen-bond donors (Lipinski definition) is 4. The Morgan fingerprint density at radius 3 is 2.11 bits per heavy atom. The summed E-state index contributed by atoms with van der Waals surface area (Å²) in [5.74, 6) is 0.307. The number of hydrogen-bond acceptors (Lipinski definition) is 8. The van der Waals surface area contributed by atoms with Gasteiger partial charge in [0.05, 0.1) is 6.33 Å². The van der Waals surface area contributed by atoms with E-state index in [2.05, 4.69) is 111 Å². The van der Waals surface area contributed by atoms with Crippen LogP contribution in [0.3, 0.4) is 0 Å². The van der Waals surface area contributed by atoms with Crippen LogP contribution in [-0.2, 0) is 13.6 Å². The smallest absolute Gasteiger partial charge is 0.320 e. The second-order valence-electron chi connectivity index (χ2n) is 15.2. The number of urea groups is 2. The molecule has 13 nitrogen and oxygen atoms in total. The van der Waals surface area contributed by atoms with Crippen LogP contribution in [0.4, 0.5) is 15.4 Å². The van der Waals surface area contributed by atoms with E-state index in [0.717, 1.165) is 25.7 Å². The minimum absolute atomic E-state index is 0.0720. The van der Waals surface area contributed by atoms with E-state index in [0.29, 0.717) is 23.5 Å². The van der Waals surface area contributed by atoms with Crippen molar-refractivity contribution >= 4 is 45.7 Å². The van der Waals surface area contributed by atoms with Crippen molar-refractivity contribution in [3.8, 4) is 0 Å². The number of unbranched alkanes of at least 4 members (excludes halogenated alkanes) is 3. The molecule has 0 saturated carbocycles. The van der Waals surface area contributed by atoms with E-state index in [1.807, 2.05) is 4.57 Å². The van der Waals surface area contributed by atoms with E-state index < -0.39 is 41.2 Å². The second kappa shape index (κ2) is 15.1. The molecule has 0 radical (unpaired) electrons. The van der Waals surface area contributed by atoms with Gasteiger partial charge < -0.3 is 29.5 Å². The van der Waals surface area contributed by atoms with Crippen molar-refractivity contribution < 1.29 is 23.2 Å². The van der Waals surface area contributed by atoms with Gasteiger partial charge in [0, 0.05) is 20.1 Å². The standard InChI is InChI=1S/C31H58N8O5Si2/c1-13-14-15-16-17-33-29(41)38-25-22-26(36-19-35-25)39(20-37-22)27-24(44-46(11,12)31(5,6)7)23(43-45(9,10)30(2,3)4)21(42-27)18-34-28(40)32-8/h19-21,23-24,27H,13-18H2,1-12H3,(H2,32,34,40)(H2,33,35,36,38,41)/t21-,23-,24-,27-/m1/s1. The molecule has 260 valence electrons. The van der Waals surface area contributed by atoms with Gasteiger partial charge in [-0.1, -0.05) is 67.7 Å². The molecule has 1 fully saturated rings. The third-order valence-electron chi connectivity index (χ3n) is 9.63. The molecule has 3 heterocycles. The molecular weight excluding hydrogens is 621 g/mol. The number of anilines is 1. The predicted octanol–water partition coefficient (Wildman–Crippen LogP) is 6.14. The molecule has 0 bridgehead atoms. The zero-order chi connectivity index (χ0) is 34.5. The minimum Gasteiger partial charge on any atom is -0.408 e. The maximum absolute atomic E-state index is 12.7. The SMILES string of the molecule is CCCCCCNC(=O)Nc1ncnc2c1ncn2[C@@H]1O[C@H](CNC(=O)NC)[C@@H](O[Si](C)(C)C(C)(C)C)[C@H]1O[Si](C)(C)C(C)(C)C. The molecule has 2 aromatic rings. The highest BCUT2D eigenvalue weighted by Gasteiger charge is 2.54. The van der Waals surface area contributed by atoms with Crippen LogP contribution >= 0.6 is 0 Å². The van der Waals surface area contributed by atoms with Crippen LogP contribution in [0.1, 0.15) is 80.4 Å². The molecule has 0 aliphatic carbocycles. The Balaban J connectivity index is 2.03. The quantitative estimate of drug-likeness (QED) is 0.146. The van der Waals surface area contributed by atoms with E-state index in [4.69, 9.17) is 13.6 Å². The van der Waals surface area contributed by atoms with Crippen molar-refractivity contribution in [3.63, 3.8) is 0 Å². The topological polar surface area (TPSA) is 154 Å². The van der Waals surface area contributed by atoms with E-state index in [9.17, 15) is 9.59 Å². The van der Waals surface area contributed by atoms with E-state index in [1.165, 1.54) is 6.33 Å². The molecular formula is C31H58N8O5Si2. The highest BCUT2D eigenvalue weighted by atomic mass is 28.4. The Kier molecular flexibility index (Phi) is 12.4. The first kappa shape index (κ1) is 37.9. The molecule has 3 rings (SSSR count). The van der Waals surface area contributed by atoms with Crippen LogP contribution in [0.15, 0.2) is 12.7 Å². The molecule has 0 spiro atoms. The Morgan fingerprint density at radius 2 is 1.52 bits per heavy atom. The minimum atomic E-state index is -2.37. The Bertz CT molecular complexity index is 1320. The monoisotopic (exact) mass is 678 g/mol. The highest BCUT2D eigenvalue weighted by molar-refractivity contribution is 6.74. The molecule has 1 saturated heterocycles. The highest BCUT2D eigenvalue weighted by Crippen LogP contribution is 2.46. The summed E-state index contributed by atoms with van der Waals surface area (Å²) in [6, 6.07) is -0.648. The lowest BCUT2D eigenvalue weighted by Crippen LogP contribution is -2.54. The van der Waals surface area contributed by atoms with Gasteiger partial charge in [-0.3, -0.25) is 9.88 Å². The fraction of sp³-hybridized carbons (Fsp3) is 0.774. The van der Waals surface area contributed by atoms with Gasteiger partial charge in [0.25, 0.3) is 0 Å². The Labute approximate surface area is 277 Å².